The van der Waals surface area contributed by atoms with E-state index >= 15 is 0 Å². The van der Waals surface area contributed by atoms with Crippen LogP contribution in [-0.2, 0) is 4.79 Å². The van der Waals surface area contributed by atoms with Crippen LogP contribution in [0.5, 0.6) is 0 Å². The number of anilines is 2. The van der Waals surface area contributed by atoms with E-state index in [1.807, 2.05) is 0 Å². The van der Waals surface area contributed by atoms with E-state index in [1.165, 1.54) is 0 Å². The van der Waals surface area contributed by atoms with Crippen LogP contribution >= 0.6 is 23.2 Å². The second-order valence-corrected chi connectivity index (χ2v) is 6.15. The average Bonchev–Trinajstić information content (AvgIpc) is 2.51. The molecule has 0 heterocycles. The number of carbonyl (C=O) groups excluding carboxylic acids is 2. The molecule has 0 unspecified atom stereocenters. The van der Waals surface area contributed by atoms with Gasteiger partial charge in [0.25, 0.3) is 5.91 Å². The molecule has 2 aromatic rings. The minimum Gasteiger partial charge on any atom is -0.326 e. The first-order valence-electron chi connectivity index (χ1n) is 7.04. The molecule has 2 amide bonds. The van der Waals surface area contributed by atoms with Gasteiger partial charge in [-0.1, -0.05) is 43.1 Å². The van der Waals surface area contributed by atoms with Crippen LogP contribution < -0.4 is 10.6 Å². The Balaban J connectivity index is 2.16. The number of hydrogen-bond donors (Lipinski definition) is 2. The largest absolute Gasteiger partial charge is 0.326 e. The second-order valence-electron chi connectivity index (χ2n) is 5.30. The molecule has 0 aliphatic carbocycles. The lowest BCUT2D eigenvalue weighted by Gasteiger charge is -2.10. The Hall–Kier alpha value is -2.04. The van der Waals surface area contributed by atoms with Gasteiger partial charge in [0.15, 0.2) is 0 Å². The van der Waals surface area contributed by atoms with E-state index in [4.69, 9.17) is 23.2 Å². The fraction of sp³-hybridized carbons (Fsp3) is 0.176. The topological polar surface area (TPSA) is 58.2 Å². The van der Waals surface area contributed by atoms with Gasteiger partial charge in [-0.15, -0.1) is 0 Å². The molecule has 6 heteroatoms. The van der Waals surface area contributed by atoms with Crippen LogP contribution in [0.3, 0.4) is 0 Å². The maximum absolute atomic E-state index is 12.3. The number of amides is 2. The second kappa shape index (κ2) is 7.49. The standard InChI is InChI=1S/C17H16Cl2N2O2/c1-10(2)16(22)20-13-5-3-4-11(8-13)17(23)21-15-9-12(18)6-7-14(15)19/h3-10H,1-2H3,(H,20,22)(H,21,23). The Labute approximate surface area is 144 Å². The minimum atomic E-state index is -0.338. The molecule has 0 aliphatic heterocycles. The lowest BCUT2D eigenvalue weighted by molar-refractivity contribution is -0.118. The highest BCUT2D eigenvalue weighted by molar-refractivity contribution is 6.35. The van der Waals surface area contributed by atoms with Crippen LogP contribution in [0.2, 0.25) is 10.0 Å². The quantitative estimate of drug-likeness (QED) is 0.828. The highest BCUT2D eigenvalue weighted by Gasteiger charge is 2.11. The molecule has 0 aliphatic rings. The molecule has 0 spiro atoms. The van der Waals surface area contributed by atoms with Crippen LogP contribution in [0.15, 0.2) is 42.5 Å². The first kappa shape index (κ1) is 17.3. The molecule has 0 atom stereocenters. The molecular formula is C17H16Cl2N2O2. The highest BCUT2D eigenvalue weighted by Crippen LogP contribution is 2.26. The van der Waals surface area contributed by atoms with Crippen LogP contribution in [0.4, 0.5) is 11.4 Å². The number of halogens is 2. The molecule has 2 N–H and O–H groups in total. The summed E-state index contributed by atoms with van der Waals surface area (Å²) >= 11 is 11.9. The van der Waals surface area contributed by atoms with Gasteiger partial charge in [-0.05, 0) is 36.4 Å². The molecule has 0 bridgehead atoms. The lowest BCUT2D eigenvalue weighted by Crippen LogP contribution is -2.18. The van der Waals surface area contributed by atoms with Crippen LogP contribution in [0, 0.1) is 5.92 Å². The third-order valence-electron chi connectivity index (χ3n) is 3.09. The molecule has 0 aromatic heterocycles. The molecule has 0 saturated heterocycles. The third-order valence-corrected chi connectivity index (χ3v) is 3.66. The van der Waals surface area contributed by atoms with Crippen molar-refractivity contribution in [2.24, 2.45) is 5.92 Å². The van der Waals surface area contributed by atoms with Gasteiger partial charge in [0.2, 0.25) is 5.91 Å². The summed E-state index contributed by atoms with van der Waals surface area (Å²) in [5.74, 6) is -0.590. The summed E-state index contributed by atoms with van der Waals surface area (Å²) < 4.78 is 0. The Morgan fingerprint density at radius 1 is 1.00 bits per heavy atom. The molecule has 2 aromatic carbocycles. The van der Waals surface area contributed by atoms with Crippen molar-refractivity contribution in [1.29, 1.82) is 0 Å². The van der Waals surface area contributed by atoms with Crippen LogP contribution in [0.1, 0.15) is 24.2 Å². The summed E-state index contributed by atoms with van der Waals surface area (Å²) in [6.45, 7) is 3.60. The fourth-order valence-corrected chi connectivity index (χ4v) is 2.15. The molecule has 4 nitrogen and oxygen atoms in total. The van der Waals surface area contributed by atoms with Crippen molar-refractivity contribution in [2.45, 2.75) is 13.8 Å². The van der Waals surface area contributed by atoms with E-state index in [0.717, 1.165) is 0 Å². The predicted molar refractivity (Wildman–Crippen MR) is 94.3 cm³/mol. The maximum atomic E-state index is 12.3. The van der Waals surface area contributed by atoms with E-state index in [1.54, 1.807) is 56.3 Å². The number of hydrogen-bond acceptors (Lipinski definition) is 2. The predicted octanol–water partition coefficient (Wildman–Crippen LogP) is 4.84. The molecule has 0 saturated carbocycles. The van der Waals surface area contributed by atoms with Crippen molar-refractivity contribution in [3.05, 3.63) is 58.1 Å². The zero-order chi connectivity index (χ0) is 17.0. The highest BCUT2D eigenvalue weighted by atomic mass is 35.5. The smallest absolute Gasteiger partial charge is 0.255 e. The van der Waals surface area contributed by atoms with Crippen molar-refractivity contribution in [2.75, 3.05) is 10.6 Å². The summed E-state index contributed by atoms with van der Waals surface area (Å²) in [7, 11) is 0. The van der Waals surface area contributed by atoms with Gasteiger partial charge in [0.05, 0.1) is 10.7 Å². The fourth-order valence-electron chi connectivity index (χ4n) is 1.81. The SMILES string of the molecule is CC(C)C(=O)Nc1cccc(C(=O)Nc2cc(Cl)ccc2Cl)c1. The Bertz CT molecular complexity index is 745. The maximum Gasteiger partial charge on any atom is 0.255 e. The molecule has 0 fully saturated rings. The van der Waals surface area contributed by atoms with Crippen molar-refractivity contribution in [3.8, 4) is 0 Å². The van der Waals surface area contributed by atoms with E-state index in [-0.39, 0.29) is 17.7 Å². The molecular weight excluding hydrogens is 335 g/mol. The number of carbonyl (C=O) groups is 2. The summed E-state index contributed by atoms with van der Waals surface area (Å²) in [5, 5.41) is 6.33. The summed E-state index contributed by atoms with van der Waals surface area (Å²) in [4.78, 5) is 24.0. The molecule has 2 rings (SSSR count). The third kappa shape index (κ3) is 4.71. The lowest BCUT2D eigenvalue weighted by atomic mass is 10.1. The Morgan fingerprint density at radius 3 is 2.43 bits per heavy atom. The number of rotatable bonds is 4. The normalized spacial score (nSPS) is 10.5. The van der Waals surface area contributed by atoms with E-state index in [9.17, 15) is 9.59 Å². The van der Waals surface area contributed by atoms with E-state index in [2.05, 4.69) is 10.6 Å². The van der Waals surface area contributed by atoms with E-state index in [0.29, 0.717) is 27.0 Å². The number of benzene rings is 2. The van der Waals surface area contributed by atoms with Crippen molar-refractivity contribution < 1.29 is 9.59 Å². The number of nitrogens with one attached hydrogen (secondary N) is 2. The van der Waals surface area contributed by atoms with Crippen LogP contribution in [0.25, 0.3) is 0 Å². The van der Waals surface area contributed by atoms with Gasteiger partial charge in [0.1, 0.15) is 0 Å². The average molecular weight is 351 g/mol. The van der Waals surface area contributed by atoms with E-state index < -0.39 is 0 Å². The minimum absolute atomic E-state index is 0.111. The van der Waals surface area contributed by atoms with Crippen molar-refractivity contribution in [1.82, 2.24) is 0 Å². The Morgan fingerprint density at radius 2 is 1.74 bits per heavy atom. The summed E-state index contributed by atoms with van der Waals surface area (Å²) in [6, 6.07) is 11.5. The molecule has 0 radical (unpaired) electrons. The van der Waals surface area contributed by atoms with Gasteiger partial charge >= 0.3 is 0 Å². The Kier molecular flexibility index (Phi) is 5.64. The monoisotopic (exact) mass is 350 g/mol. The molecule has 120 valence electrons. The van der Waals surface area contributed by atoms with Crippen molar-refractivity contribution in [3.63, 3.8) is 0 Å². The van der Waals surface area contributed by atoms with Gasteiger partial charge in [-0.3, -0.25) is 9.59 Å². The van der Waals surface area contributed by atoms with Gasteiger partial charge in [0, 0.05) is 22.2 Å². The summed E-state index contributed by atoms with van der Waals surface area (Å²) in [6.07, 6.45) is 0. The van der Waals surface area contributed by atoms with Crippen LogP contribution in [-0.4, -0.2) is 11.8 Å². The van der Waals surface area contributed by atoms with Gasteiger partial charge in [-0.2, -0.15) is 0 Å². The zero-order valence-corrected chi connectivity index (χ0v) is 14.2. The zero-order valence-electron chi connectivity index (χ0n) is 12.7. The van der Waals surface area contributed by atoms with Gasteiger partial charge in [-0.25, -0.2) is 0 Å². The van der Waals surface area contributed by atoms with Crippen molar-refractivity contribution >= 4 is 46.4 Å². The summed E-state index contributed by atoms with van der Waals surface area (Å²) in [5.41, 5.74) is 1.40. The van der Waals surface area contributed by atoms with Gasteiger partial charge < -0.3 is 10.6 Å². The first-order chi connectivity index (χ1) is 10.9. The first-order valence-corrected chi connectivity index (χ1v) is 7.79. The molecule has 23 heavy (non-hydrogen) atoms.